The van der Waals surface area contributed by atoms with Crippen LogP contribution in [0.5, 0.6) is 0 Å². The van der Waals surface area contributed by atoms with Crippen molar-refractivity contribution in [3.05, 3.63) is 10.4 Å². The zero-order chi connectivity index (χ0) is 6.53. The van der Waals surface area contributed by atoms with Crippen molar-refractivity contribution in [1.29, 1.82) is 0 Å². The Balaban J connectivity index is 2.31. The lowest BCUT2D eigenvalue weighted by molar-refractivity contribution is 0.0209. The van der Waals surface area contributed by atoms with E-state index in [1.54, 1.807) is 0 Å². The normalized spacial score (nSPS) is 26.9. The van der Waals surface area contributed by atoms with Gasteiger partial charge in [0.2, 0.25) is 0 Å². The predicted molar refractivity (Wildman–Crippen MR) is 32.7 cm³/mol. The monoisotopic (exact) mass is 127 g/mol. The Hall–Kier alpha value is -0.730. The van der Waals surface area contributed by atoms with Crippen molar-refractivity contribution in [2.24, 2.45) is 5.11 Å². The van der Waals surface area contributed by atoms with Gasteiger partial charge in [0.25, 0.3) is 0 Å². The lowest BCUT2D eigenvalue weighted by Crippen LogP contribution is -2.15. The summed E-state index contributed by atoms with van der Waals surface area (Å²) in [5.74, 6) is 0. The number of ether oxygens (including phenoxy) is 1. The van der Waals surface area contributed by atoms with Crippen LogP contribution in [-0.4, -0.2) is 12.8 Å². The van der Waals surface area contributed by atoms with Crippen LogP contribution in [0.25, 0.3) is 10.4 Å². The average molecular weight is 127 g/mol. The molecule has 0 saturated carbocycles. The number of hydrogen-bond acceptors (Lipinski definition) is 2. The summed E-state index contributed by atoms with van der Waals surface area (Å²) in [4.78, 5) is 2.66. The molecule has 4 nitrogen and oxygen atoms in total. The molecule has 0 aromatic heterocycles. The Morgan fingerprint density at radius 1 is 1.56 bits per heavy atom. The smallest absolute Gasteiger partial charge is 0.136 e. The van der Waals surface area contributed by atoms with Crippen LogP contribution >= 0.6 is 0 Å². The molecule has 4 heteroatoms. The molecule has 1 aliphatic heterocycles. The van der Waals surface area contributed by atoms with Crippen molar-refractivity contribution in [3.8, 4) is 0 Å². The molecule has 0 amide bonds. The van der Waals surface area contributed by atoms with Crippen LogP contribution in [0, 0.1) is 0 Å². The van der Waals surface area contributed by atoms with Gasteiger partial charge in [-0.2, -0.15) is 0 Å². The second-order valence-electron chi connectivity index (χ2n) is 2.03. The molecular formula is C5H9N3O. The summed E-state index contributed by atoms with van der Waals surface area (Å²) >= 11 is 0. The van der Waals surface area contributed by atoms with Gasteiger partial charge < -0.3 is 4.74 Å². The predicted octanol–water partition coefficient (Wildman–Crippen LogP) is 1.82. The molecule has 1 unspecified atom stereocenters. The quantitative estimate of drug-likeness (QED) is 0.301. The summed E-state index contributed by atoms with van der Waals surface area (Å²) in [5, 5.41) is 3.44. The van der Waals surface area contributed by atoms with E-state index in [4.69, 9.17) is 10.3 Å². The largest absolute Gasteiger partial charge is 0.372 e. The fourth-order valence-corrected chi connectivity index (χ4v) is 0.872. The molecule has 1 rings (SSSR count). The van der Waals surface area contributed by atoms with E-state index in [1.165, 1.54) is 0 Å². The fourth-order valence-electron chi connectivity index (χ4n) is 0.872. The van der Waals surface area contributed by atoms with E-state index in [9.17, 15) is 0 Å². The van der Waals surface area contributed by atoms with E-state index in [0.717, 1.165) is 25.9 Å². The minimum Gasteiger partial charge on any atom is -0.372 e. The first-order chi connectivity index (χ1) is 4.43. The summed E-state index contributed by atoms with van der Waals surface area (Å²) in [6.45, 7) is 0.740. The molecule has 9 heavy (non-hydrogen) atoms. The first-order valence-electron chi connectivity index (χ1n) is 3.09. The van der Waals surface area contributed by atoms with Gasteiger partial charge in [0.1, 0.15) is 6.23 Å². The Bertz CT molecular complexity index is 124. The van der Waals surface area contributed by atoms with Gasteiger partial charge in [-0.3, -0.25) is 0 Å². The van der Waals surface area contributed by atoms with Crippen molar-refractivity contribution in [1.82, 2.24) is 0 Å². The number of azide groups is 1. The van der Waals surface area contributed by atoms with Gasteiger partial charge in [-0.1, -0.05) is 5.11 Å². The first kappa shape index (κ1) is 6.39. The lowest BCUT2D eigenvalue weighted by atomic mass is 10.2. The standard InChI is InChI=1S/C5H9N3O/c6-8-7-5-3-1-2-4-9-5/h5H,1-4H2. The topological polar surface area (TPSA) is 58.0 Å². The van der Waals surface area contributed by atoms with E-state index in [2.05, 4.69) is 10.0 Å². The van der Waals surface area contributed by atoms with Gasteiger partial charge in [0.05, 0.1) is 0 Å². The fraction of sp³-hybridized carbons (Fsp3) is 1.00. The Morgan fingerprint density at radius 3 is 3.00 bits per heavy atom. The van der Waals surface area contributed by atoms with Crippen LogP contribution in [0.4, 0.5) is 0 Å². The molecule has 0 N–H and O–H groups in total. The highest BCUT2D eigenvalue weighted by atomic mass is 16.5. The molecule has 0 spiro atoms. The maximum Gasteiger partial charge on any atom is 0.136 e. The molecule has 1 saturated heterocycles. The van der Waals surface area contributed by atoms with E-state index >= 15 is 0 Å². The summed E-state index contributed by atoms with van der Waals surface area (Å²) in [6, 6.07) is 0. The van der Waals surface area contributed by atoms with E-state index < -0.39 is 0 Å². The van der Waals surface area contributed by atoms with Crippen LogP contribution in [0.1, 0.15) is 19.3 Å². The second-order valence-corrected chi connectivity index (χ2v) is 2.03. The summed E-state index contributed by atoms with van der Waals surface area (Å²) < 4.78 is 5.10. The molecule has 0 aliphatic carbocycles. The summed E-state index contributed by atoms with van der Waals surface area (Å²) in [7, 11) is 0. The van der Waals surface area contributed by atoms with Crippen molar-refractivity contribution < 1.29 is 4.74 Å². The van der Waals surface area contributed by atoms with E-state index in [-0.39, 0.29) is 6.23 Å². The number of rotatable bonds is 1. The maximum atomic E-state index is 8.00. The van der Waals surface area contributed by atoms with Crippen LogP contribution < -0.4 is 0 Å². The highest BCUT2D eigenvalue weighted by Crippen LogP contribution is 2.12. The molecule has 1 fully saturated rings. The summed E-state index contributed by atoms with van der Waals surface area (Å²) in [6.07, 6.45) is 2.90. The average Bonchev–Trinajstić information content (AvgIpc) is 1.91. The Labute approximate surface area is 53.4 Å². The first-order valence-corrected chi connectivity index (χ1v) is 3.09. The van der Waals surface area contributed by atoms with Crippen molar-refractivity contribution in [2.75, 3.05) is 6.61 Å². The third kappa shape index (κ3) is 1.91. The third-order valence-corrected chi connectivity index (χ3v) is 1.34. The van der Waals surface area contributed by atoms with Gasteiger partial charge in [-0.05, 0) is 24.8 Å². The SMILES string of the molecule is [N-]=[N+]=NC1CCCCO1. The van der Waals surface area contributed by atoms with Crippen molar-refractivity contribution >= 4 is 0 Å². The molecule has 1 atom stereocenters. The minimum atomic E-state index is -0.191. The molecule has 0 bridgehead atoms. The number of hydrogen-bond donors (Lipinski definition) is 0. The molecule has 1 heterocycles. The van der Waals surface area contributed by atoms with Gasteiger partial charge in [-0.15, -0.1) is 0 Å². The van der Waals surface area contributed by atoms with Gasteiger partial charge in [0, 0.05) is 11.5 Å². The third-order valence-electron chi connectivity index (χ3n) is 1.34. The van der Waals surface area contributed by atoms with E-state index in [1.807, 2.05) is 0 Å². The molecule has 50 valence electrons. The van der Waals surface area contributed by atoms with Gasteiger partial charge in [0.15, 0.2) is 0 Å². The van der Waals surface area contributed by atoms with Gasteiger partial charge >= 0.3 is 0 Å². The minimum absolute atomic E-state index is 0.191. The molecular weight excluding hydrogens is 118 g/mol. The molecule has 0 radical (unpaired) electrons. The van der Waals surface area contributed by atoms with Crippen LogP contribution in [0.2, 0.25) is 0 Å². The highest BCUT2D eigenvalue weighted by molar-refractivity contribution is 4.60. The second kappa shape index (κ2) is 3.33. The maximum absolute atomic E-state index is 8.00. The van der Waals surface area contributed by atoms with Crippen molar-refractivity contribution in [2.45, 2.75) is 25.5 Å². The van der Waals surface area contributed by atoms with Crippen LogP contribution in [0.15, 0.2) is 5.11 Å². The van der Waals surface area contributed by atoms with Gasteiger partial charge in [-0.25, -0.2) is 0 Å². The Kier molecular flexibility index (Phi) is 2.36. The Morgan fingerprint density at radius 2 is 2.44 bits per heavy atom. The van der Waals surface area contributed by atoms with Crippen LogP contribution in [-0.2, 0) is 4.74 Å². The van der Waals surface area contributed by atoms with E-state index in [0.29, 0.717) is 0 Å². The zero-order valence-electron chi connectivity index (χ0n) is 5.16. The molecule has 0 aromatic carbocycles. The summed E-state index contributed by atoms with van der Waals surface area (Å²) in [5.41, 5.74) is 8.00. The number of nitrogens with zero attached hydrogens (tertiary/aromatic N) is 3. The van der Waals surface area contributed by atoms with Crippen molar-refractivity contribution in [3.63, 3.8) is 0 Å². The molecule has 0 aromatic rings. The molecule has 1 aliphatic rings. The van der Waals surface area contributed by atoms with Crippen LogP contribution in [0.3, 0.4) is 0 Å². The zero-order valence-corrected chi connectivity index (χ0v) is 5.16. The lowest BCUT2D eigenvalue weighted by Gasteiger charge is -2.16. The highest BCUT2D eigenvalue weighted by Gasteiger charge is 2.10.